The molecule has 1 aromatic carbocycles. The minimum atomic E-state index is -1.90. The molecule has 1 amide bonds. The molecule has 8 nitrogen and oxygen atoms in total. The van der Waals surface area contributed by atoms with E-state index in [1.54, 1.807) is 43.6 Å². The van der Waals surface area contributed by atoms with Gasteiger partial charge in [0.05, 0.1) is 11.7 Å². The van der Waals surface area contributed by atoms with Crippen molar-refractivity contribution in [3.05, 3.63) is 48.4 Å². The highest BCUT2D eigenvalue weighted by atomic mass is 16.6. The fourth-order valence-corrected chi connectivity index (χ4v) is 2.16. The summed E-state index contributed by atoms with van der Waals surface area (Å²) in [4.78, 5) is 16.3. The lowest BCUT2D eigenvalue weighted by atomic mass is 10.2. The van der Waals surface area contributed by atoms with E-state index in [9.17, 15) is 4.79 Å². The molecular weight excluding hydrogens is 299 g/mol. The Morgan fingerprint density at radius 1 is 1.30 bits per heavy atom. The number of aryl methyl sites for hydroxylation is 1. The number of pyridine rings is 1. The summed E-state index contributed by atoms with van der Waals surface area (Å²) in [6, 6.07) is 8.42. The Kier molecular flexibility index (Phi) is 3.96. The van der Waals surface area contributed by atoms with Gasteiger partial charge in [0.2, 0.25) is 0 Å². The summed E-state index contributed by atoms with van der Waals surface area (Å²) in [7, 11) is -0.208. The van der Waals surface area contributed by atoms with E-state index in [2.05, 4.69) is 15.4 Å². The molecule has 0 aliphatic heterocycles. The molecular formula is C14H13BN4O4. The molecule has 2 heterocycles. The van der Waals surface area contributed by atoms with Gasteiger partial charge in [0, 0.05) is 24.3 Å². The lowest BCUT2D eigenvalue weighted by Gasteiger charge is -2.08. The van der Waals surface area contributed by atoms with Crippen LogP contribution in [0.5, 0.6) is 5.75 Å². The molecule has 23 heavy (non-hydrogen) atoms. The van der Waals surface area contributed by atoms with Crippen molar-refractivity contribution in [3.63, 3.8) is 0 Å². The zero-order chi connectivity index (χ0) is 16.4. The Morgan fingerprint density at radius 3 is 2.83 bits per heavy atom. The van der Waals surface area contributed by atoms with Crippen LogP contribution in [0.4, 0.5) is 5.69 Å². The van der Waals surface area contributed by atoms with E-state index in [0.29, 0.717) is 16.9 Å². The first-order valence-corrected chi connectivity index (χ1v) is 6.75. The maximum atomic E-state index is 12.1. The first-order valence-electron chi connectivity index (χ1n) is 6.75. The molecule has 9 heteroatoms. The number of amides is 1. The number of anilines is 1. The number of hydrogen-bond donors (Lipinski definition) is 3. The molecule has 0 fully saturated rings. The van der Waals surface area contributed by atoms with Gasteiger partial charge in [-0.1, -0.05) is 6.07 Å². The van der Waals surface area contributed by atoms with Gasteiger partial charge in [-0.15, -0.1) is 0 Å². The van der Waals surface area contributed by atoms with Crippen molar-refractivity contribution in [2.45, 2.75) is 0 Å². The van der Waals surface area contributed by atoms with Crippen LogP contribution < -0.4 is 9.97 Å². The van der Waals surface area contributed by atoms with Crippen molar-refractivity contribution in [1.82, 2.24) is 14.8 Å². The van der Waals surface area contributed by atoms with Gasteiger partial charge in [-0.05, 0) is 24.3 Å². The molecule has 0 radical (unpaired) electrons. The van der Waals surface area contributed by atoms with E-state index >= 15 is 0 Å². The van der Waals surface area contributed by atoms with Crippen LogP contribution in [-0.4, -0.2) is 38.0 Å². The summed E-state index contributed by atoms with van der Waals surface area (Å²) in [6.45, 7) is 0. The van der Waals surface area contributed by atoms with Crippen molar-refractivity contribution in [1.29, 1.82) is 0 Å². The molecule has 0 bridgehead atoms. The van der Waals surface area contributed by atoms with Crippen LogP contribution in [-0.2, 0) is 7.05 Å². The molecule has 3 N–H and O–H groups in total. The van der Waals surface area contributed by atoms with Crippen molar-refractivity contribution < 1.29 is 19.5 Å². The summed E-state index contributed by atoms with van der Waals surface area (Å²) in [5.41, 5.74) is 1.67. The lowest BCUT2D eigenvalue weighted by Crippen LogP contribution is -2.20. The van der Waals surface area contributed by atoms with Crippen LogP contribution in [0.1, 0.15) is 10.5 Å². The molecule has 0 unspecified atom stereocenters. The summed E-state index contributed by atoms with van der Waals surface area (Å²) < 4.78 is 6.23. The van der Waals surface area contributed by atoms with Gasteiger partial charge in [0.1, 0.15) is 11.4 Å². The number of aromatic nitrogens is 3. The summed E-state index contributed by atoms with van der Waals surface area (Å²) in [5, 5.41) is 25.0. The Morgan fingerprint density at radius 2 is 2.13 bits per heavy atom. The third-order valence-corrected chi connectivity index (χ3v) is 3.21. The fourth-order valence-electron chi connectivity index (χ4n) is 2.16. The average molecular weight is 312 g/mol. The third kappa shape index (κ3) is 3.30. The van der Waals surface area contributed by atoms with Crippen LogP contribution in [0.15, 0.2) is 42.7 Å². The molecule has 116 valence electrons. The van der Waals surface area contributed by atoms with Crippen LogP contribution in [0, 0.1) is 0 Å². The topological polar surface area (TPSA) is 110 Å². The van der Waals surface area contributed by atoms with Gasteiger partial charge in [0.25, 0.3) is 5.91 Å². The van der Waals surface area contributed by atoms with Crippen LogP contribution >= 0.6 is 0 Å². The van der Waals surface area contributed by atoms with Crippen molar-refractivity contribution in [2.75, 3.05) is 5.32 Å². The SMILES string of the molecule is Cn1nccc1C(=O)Nc1ccc2cc(OB(O)O)cnc2c1. The van der Waals surface area contributed by atoms with Gasteiger partial charge in [0.15, 0.2) is 0 Å². The summed E-state index contributed by atoms with van der Waals surface area (Å²) >= 11 is 0. The Bertz CT molecular complexity index is 865. The van der Waals surface area contributed by atoms with E-state index < -0.39 is 7.32 Å². The molecule has 2 aromatic heterocycles. The third-order valence-electron chi connectivity index (χ3n) is 3.21. The fraction of sp³-hybridized carbons (Fsp3) is 0.0714. The molecule has 0 saturated heterocycles. The Hall–Kier alpha value is -2.91. The maximum absolute atomic E-state index is 12.1. The number of carbonyl (C=O) groups is 1. The molecule has 0 aliphatic rings. The zero-order valence-corrected chi connectivity index (χ0v) is 12.2. The standard InChI is InChI=1S/C14H13BN4O4/c1-19-13(4-5-17-19)14(20)18-10-3-2-9-6-11(23-15(21)22)8-16-12(9)7-10/h2-8,21-22H,1H3,(H,18,20). The van der Waals surface area contributed by atoms with Gasteiger partial charge in [-0.25, -0.2) is 0 Å². The second-order valence-electron chi connectivity index (χ2n) is 4.82. The number of nitrogens with one attached hydrogen (secondary N) is 1. The van der Waals surface area contributed by atoms with Crippen molar-refractivity contribution in [2.24, 2.45) is 7.05 Å². The van der Waals surface area contributed by atoms with Crippen LogP contribution in [0.25, 0.3) is 10.9 Å². The number of benzene rings is 1. The quantitative estimate of drug-likeness (QED) is 0.608. The van der Waals surface area contributed by atoms with E-state index in [1.807, 2.05) is 0 Å². The zero-order valence-electron chi connectivity index (χ0n) is 12.2. The number of nitrogens with zero attached hydrogens (tertiary/aromatic N) is 3. The Labute approximate surface area is 131 Å². The number of hydrogen-bond acceptors (Lipinski definition) is 6. The molecule has 3 rings (SSSR count). The van der Waals surface area contributed by atoms with E-state index in [0.717, 1.165) is 5.39 Å². The number of carbonyl (C=O) groups excluding carboxylic acids is 1. The minimum Gasteiger partial charge on any atom is -0.511 e. The first kappa shape index (κ1) is 15.0. The minimum absolute atomic E-state index is 0.235. The molecule has 0 spiro atoms. The maximum Gasteiger partial charge on any atom is 0.707 e. The highest BCUT2D eigenvalue weighted by Crippen LogP contribution is 2.22. The molecule has 0 saturated carbocycles. The van der Waals surface area contributed by atoms with Gasteiger partial charge in [-0.2, -0.15) is 5.10 Å². The van der Waals surface area contributed by atoms with Crippen molar-refractivity contribution >= 4 is 29.8 Å². The lowest BCUT2D eigenvalue weighted by molar-refractivity contribution is 0.101. The summed E-state index contributed by atoms with van der Waals surface area (Å²) in [6.07, 6.45) is 2.92. The van der Waals surface area contributed by atoms with E-state index in [4.69, 9.17) is 14.7 Å². The Balaban J connectivity index is 1.83. The van der Waals surface area contributed by atoms with Crippen molar-refractivity contribution in [3.8, 4) is 5.75 Å². The number of rotatable bonds is 4. The van der Waals surface area contributed by atoms with E-state index in [1.165, 1.54) is 10.9 Å². The van der Waals surface area contributed by atoms with Gasteiger partial charge >= 0.3 is 7.32 Å². The largest absolute Gasteiger partial charge is 0.707 e. The van der Waals surface area contributed by atoms with Gasteiger partial charge in [-0.3, -0.25) is 14.5 Å². The number of fused-ring (bicyclic) bond motifs is 1. The predicted molar refractivity (Wildman–Crippen MR) is 83.7 cm³/mol. The van der Waals surface area contributed by atoms with Crippen LogP contribution in [0.2, 0.25) is 0 Å². The smallest absolute Gasteiger partial charge is 0.511 e. The summed E-state index contributed by atoms with van der Waals surface area (Å²) in [5.74, 6) is -0.0353. The first-order chi connectivity index (χ1) is 11.0. The normalized spacial score (nSPS) is 10.6. The highest BCUT2D eigenvalue weighted by molar-refractivity contribution is 6.33. The van der Waals surface area contributed by atoms with E-state index in [-0.39, 0.29) is 11.7 Å². The molecule has 3 aromatic rings. The molecule has 0 atom stereocenters. The van der Waals surface area contributed by atoms with Crippen LogP contribution in [0.3, 0.4) is 0 Å². The van der Waals surface area contributed by atoms with Gasteiger partial charge < -0.3 is 20.0 Å². The molecule has 0 aliphatic carbocycles. The average Bonchev–Trinajstić information content (AvgIpc) is 2.93. The monoisotopic (exact) mass is 312 g/mol. The predicted octanol–water partition coefficient (Wildman–Crippen LogP) is 0.569. The second-order valence-corrected chi connectivity index (χ2v) is 4.82. The second kappa shape index (κ2) is 6.07. The highest BCUT2D eigenvalue weighted by Gasteiger charge is 2.13.